The fraction of sp³-hybridized carbons (Fsp3) is 0.455. The number of anilines is 1. The van der Waals surface area contributed by atoms with Gasteiger partial charge in [-0.1, -0.05) is 23.8 Å². The van der Waals surface area contributed by atoms with Crippen LogP contribution in [-0.2, 0) is 0 Å². The van der Waals surface area contributed by atoms with Gasteiger partial charge in [0.05, 0.1) is 17.3 Å². The van der Waals surface area contributed by atoms with Crippen LogP contribution in [0.2, 0.25) is 0 Å². The van der Waals surface area contributed by atoms with Crippen molar-refractivity contribution in [1.82, 2.24) is 14.9 Å². The lowest BCUT2D eigenvalue weighted by atomic mass is 10.1. The molecule has 0 N–H and O–H groups in total. The molecule has 2 aromatic heterocycles. The smallest absolute Gasteiger partial charge is 0.212 e. The molecule has 5 nitrogen and oxygen atoms in total. The third kappa shape index (κ3) is 3.47. The molecule has 1 atom stereocenters. The average molecular weight is 395 g/mol. The van der Waals surface area contributed by atoms with Gasteiger partial charge in [-0.05, 0) is 56.1 Å². The van der Waals surface area contributed by atoms with Gasteiger partial charge in [0.2, 0.25) is 5.88 Å². The summed E-state index contributed by atoms with van der Waals surface area (Å²) in [6.45, 7) is 4.79. The Hall–Kier alpha value is -2.18. The molecule has 2 aliphatic heterocycles. The summed E-state index contributed by atoms with van der Waals surface area (Å²) in [7, 11) is 1.64. The van der Waals surface area contributed by atoms with E-state index in [4.69, 9.17) is 9.72 Å². The van der Waals surface area contributed by atoms with E-state index in [-0.39, 0.29) is 0 Å². The molecule has 4 heterocycles. The van der Waals surface area contributed by atoms with Crippen molar-refractivity contribution in [2.45, 2.75) is 31.7 Å². The summed E-state index contributed by atoms with van der Waals surface area (Å²) in [6.07, 6.45) is 7.25. The van der Waals surface area contributed by atoms with E-state index in [2.05, 4.69) is 39.0 Å². The van der Waals surface area contributed by atoms with E-state index in [1.54, 1.807) is 7.11 Å². The molecule has 0 saturated carbocycles. The molecule has 3 aromatic rings. The van der Waals surface area contributed by atoms with Gasteiger partial charge in [0.25, 0.3) is 0 Å². The van der Waals surface area contributed by atoms with Gasteiger partial charge in [0.1, 0.15) is 0 Å². The minimum atomic E-state index is 0.641. The van der Waals surface area contributed by atoms with Crippen molar-refractivity contribution in [2.24, 2.45) is 0 Å². The normalized spacial score (nSPS) is 20.8. The second kappa shape index (κ2) is 7.68. The van der Waals surface area contributed by atoms with Crippen LogP contribution in [0.1, 0.15) is 25.7 Å². The molecular formula is C22H26N4OS. The Labute approximate surface area is 170 Å². The van der Waals surface area contributed by atoms with Crippen molar-refractivity contribution >= 4 is 26.7 Å². The Kier molecular flexibility index (Phi) is 4.91. The second-order valence-corrected chi connectivity index (χ2v) is 8.76. The molecule has 0 bridgehead atoms. The highest BCUT2D eigenvalue weighted by molar-refractivity contribution is 7.22. The van der Waals surface area contributed by atoms with Gasteiger partial charge in [0, 0.05) is 37.0 Å². The molecular weight excluding hydrogens is 368 g/mol. The maximum absolute atomic E-state index is 5.16. The molecule has 0 amide bonds. The number of likely N-dealkylation sites (tertiary alicyclic amines) is 1. The highest BCUT2D eigenvalue weighted by Gasteiger charge is 2.29. The third-order valence-electron chi connectivity index (χ3n) is 6.00. The zero-order valence-corrected chi connectivity index (χ0v) is 17.1. The first-order valence-electron chi connectivity index (χ1n) is 10.2. The van der Waals surface area contributed by atoms with Crippen LogP contribution in [-0.4, -0.2) is 54.2 Å². The van der Waals surface area contributed by atoms with Crippen LogP contribution in [0.4, 0.5) is 5.13 Å². The van der Waals surface area contributed by atoms with Crippen molar-refractivity contribution in [3.63, 3.8) is 0 Å². The van der Waals surface area contributed by atoms with Gasteiger partial charge in [-0.25, -0.2) is 9.97 Å². The Morgan fingerprint density at radius 3 is 2.68 bits per heavy atom. The zero-order valence-electron chi connectivity index (χ0n) is 16.3. The number of benzene rings is 1. The number of piperidine rings is 1. The summed E-state index contributed by atoms with van der Waals surface area (Å²) in [5.74, 6) is 0.641. The summed E-state index contributed by atoms with van der Waals surface area (Å²) < 4.78 is 6.40. The highest BCUT2D eigenvalue weighted by atomic mass is 32.1. The third-order valence-corrected chi connectivity index (χ3v) is 7.08. The van der Waals surface area contributed by atoms with Gasteiger partial charge in [-0.15, -0.1) is 0 Å². The van der Waals surface area contributed by atoms with Crippen LogP contribution in [0.25, 0.3) is 21.3 Å². The van der Waals surface area contributed by atoms with Crippen LogP contribution in [0, 0.1) is 0 Å². The minimum Gasteiger partial charge on any atom is -0.481 e. The van der Waals surface area contributed by atoms with Crippen molar-refractivity contribution in [3.8, 4) is 17.0 Å². The van der Waals surface area contributed by atoms with E-state index >= 15 is 0 Å². The summed E-state index contributed by atoms with van der Waals surface area (Å²) in [5.41, 5.74) is 3.36. The summed E-state index contributed by atoms with van der Waals surface area (Å²) >= 11 is 1.81. The van der Waals surface area contributed by atoms with Crippen molar-refractivity contribution in [1.29, 1.82) is 0 Å². The summed E-state index contributed by atoms with van der Waals surface area (Å²) in [5, 5.41) is 1.17. The number of methoxy groups -OCH3 is 1. The molecule has 6 heteroatoms. The lowest BCUT2D eigenvalue weighted by molar-refractivity contribution is 0.175. The maximum atomic E-state index is 5.16. The number of rotatable bonds is 4. The topological polar surface area (TPSA) is 41.5 Å². The molecule has 28 heavy (non-hydrogen) atoms. The molecule has 146 valence electrons. The first kappa shape index (κ1) is 17.9. The molecule has 1 unspecified atom stereocenters. The largest absolute Gasteiger partial charge is 0.481 e. The van der Waals surface area contributed by atoms with Crippen molar-refractivity contribution in [3.05, 3.63) is 36.5 Å². The maximum Gasteiger partial charge on any atom is 0.212 e. The number of fused-ring (bicyclic) bond motifs is 1. The van der Waals surface area contributed by atoms with Crippen LogP contribution in [0.3, 0.4) is 0 Å². The molecule has 1 aromatic carbocycles. The molecule has 2 fully saturated rings. The van der Waals surface area contributed by atoms with Crippen molar-refractivity contribution < 1.29 is 4.74 Å². The minimum absolute atomic E-state index is 0.641. The number of pyridine rings is 1. The van der Waals surface area contributed by atoms with Crippen LogP contribution >= 0.6 is 11.3 Å². The number of nitrogens with zero attached hydrogens (tertiary/aromatic N) is 4. The molecule has 0 spiro atoms. The number of aromatic nitrogens is 2. The van der Waals surface area contributed by atoms with E-state index in [0.717, 1.165) is 24.2 Å². The average Bonchev–Trinajstić information content (AvgIpc) is 3.41. The van der Waals surface area contributed by atoms with Gasteiger partial charge in [-0.2, -0.15) is 0 Å². The lowest BCUT2D eigenvalue weighted by Gasteiger charge is -2.32. The molecule has 0 aliphatic carbocycles. The molecule has 2 aliphatic rings. The molecule has 0 radical (unpaired) electrons. The zero-order chi connectivity index (χ0) is 18.9. The fourth-order valence-electron chi connectivity index (χ4n) is 4.40. The quantitative estimate of drug-likeness (QED) is 0.655. The summed E-state index contributed by atoms with van der Waals surface area (Å²) in [4.78, 5) is 14.4. The van der Waals surface area contributed by atoms with Gasteiger partial charge < -0.3 is 9.64 Å². The van der Waals surface area contributed by atoms with Crippen LogP contribution < -0.4 is 9.64 Å². The Balaban J connectivity index is 1.35. The van der Waals surface area contributed by atoms with E-state index in [9.17, 15) is 0 Å². The lowest BCUT2D eigenvalue weighted by Crippen LogP contribution is -2.40. The number of thiazole rings is 1. The predicted octanol–water partition coefficient (Wildman–Crippen LogP) is 4.43. The second-order valence-electron chi connectivity index (χ2n) is 7.75. The van der Waals surface area contributed by atoms with E-state index in [1.165, 1.54) is 54.2 Å². The summed E-state index contributed by atoms with van der Waals surface area (Å²) in [6, 6.07) is 11.2. The SMILES string of the molecule is COc1ccc(-c2ccc3nc(N4CCC(N5CCCCC5)C4)sc3c2)cn1. The molecule has 5 rings (SSSR count). The first-order chi connectivity index (χ1) is 13.8. The van der Waals surface area contributed by atoms with Crippen molar-refractivity contribution in [2.75, 3.05) is 38.2 Å². The van der Waals surface area contributed by atoms with Gasteiger partial charge in [-0.3, -0.25) is 4.90 Å². The first-order valence-corrected chi connectivity index (χ1v) is 11.0. The highest BCUT2D eigenvalue weighted by Crippen LogP contribution is 2.34. The molecule has 2 saturated heterocycles. The van der Waals surface area contributed by atoms with Gasteiger partial charge >= 0.3 is 0 Å². The number of hydrogen-bond acceptors (Lipinski definition) is 6. The number of ether oxygens (including phenoxy) is 1. The Bertz CT molecular complexity index is 949. The van der Waals surface area contributed by atoms with E-state index in [0.29, 0.717) is 11.9 Å². The number of hydrogen-bond donors (Lipinski definition) is 0. The van der Waals surface area contributed by atoms with Crippen LogP contribution in [0.5, 0.6) is 5.88 Å². The van der Waals surface area contributed by atoms with E-state index < -0.39 is 0 Å². The van der Waals surface area contributed by atoms with Gasteiger partial charge in [0.15, 0.2) is 5.13 Å². The fourth-order valence-corrected chi connectivity index (χ4v) is 5.44. The van der Waals surface area contributed by atoms with E-state index in [1.807, 2.05) is 23.6 Å². The predicted molar refractivity (Wildman–Crippen MR) is 115 cm³/mol. The Morgan fingerprint density at radius 2 is 1.89 bits per heavy atom. The Morgan fingerprint density at radius 1 is 1.04 bits per heavy atom. The van der Waals surface area contributed by atoms with Crippen LogP contribution in [0.15, 0.2) is 36.5 Å². The standard InChI is InChI=1S/C22H26N4OS/c1-27-21-8-6-17(14-23-21)16-5-7-19-20(13-16)28-22(24-19)26-12-9-18(15-26)25-10-3-2-4-11-25/h5-8,13-14,18H,2-4,9-12,15H2,1H3. The monoisotopic (exact) mass is 394 g/mol.